The van der Waals surface area contributed by atoms with Crippen molar-refractivity contribution in [3.63, 3.8) is 0 Å². The highest BCUT2D eigenvalue weighted by Crippen LogP contribution is 2.30. The summed E-state index contributed by atoms with van der Waals surface area (Å²) in [5, 5.41) is 0. The minimum Gasteiger partial charge on any atom is -0.401 e. The zero-order valence-electron chi connectivity index (χ0n) is 13.1. The van der Waals surface area contributed by atoms with E-state index >= 15 is 0 Å². The second kappa shape index (κ2) is 9.14. The Morgan fingerprint density at radius 2 is 1.55 bits per heavy atom. The highest BCUT2D eigenvalue weighted by atomic mass is 16.9. The number of unbranched alkanes of at least 4 members (excludes halogenated alkanes) is 3. The van der Waals surface area contributed by atoms with Crippen molar-refractivity contribution in [3.8, 4) is 0 Å². The summed E-state index contributed by atoms with van der Waals surface area (Å²) in [6.07, 6.45) is 8.40. The summed E-state index contributed by atoms with van der Waals surface area (Å²) in [5.74, 6) is -1.57. The van der Waals surface area contributed by atoms with Crippen LogP contribution < -0.4 is 0 Å². The summed E-state index contributed by atoms with van der Waals surface area (Å²) in [6, 6.07) is 0. The average Bonchev–Trinajstić information content (AvgIpc) is 2.74. The summed E-state index contributed by atoms with van der Waals surface area (Å²) in [5.41, 5.74) is 0.680. The number of hydrogen-bond acceptors (Lipinski definition) is 4. The SMILES string of the molecule is CCCCOC1(OCCCC)C=C(CCCC)C(=O)O1. The lowest BCUT2D eigenvalue weighted by Crippen LogP contribution is -2.36. The van der Waals surface area contributed by atoms with Gasteiger partial charge < -0.3 is 14.2 Å². The molecule has 0 N–H and O–H groups in total. The molecule has 1 aliphatic heterocycles. The summed E-state index contributed by atoms with van der Waals surface area (Å²) in [4.78, 5) is 11.9. The fraction of sp³-hybridized carbons (Fsp3) is 0.812. The zero-order chi connectivity index (χ0) is 14.8. The van der Waals surface area contributed by atoms with Crippen LogP contribution in [-0.2, 0) is 19.0 Å². The maximum absolute atomic E-state index is 11.9. The first-order valence-electron chi connectivity index (χ1n) is 7.90. The molecule has 20 heavy (non-hydrogen) atoms. The van der Waals surface area contributed by atoms with Crippen LogP contribution >= 0.6 is 0 Å². The molecule has 116 valence electrons. The third kappa shape index (κ3) is 5.25. The minimum absolute atomic E-state index is 0.300. The van der Waals surface area contributed by atoms with Gasteiger partial charge in [0, 0.05) is 11.6 Å². The maximum Gasteiger partial charge on any atom is 0.352 e. The summed E-state index contributed by atoms with van der Waals surface area (Å²) < 4.78 is 16.8. The highest BCUT2D eigenvalue weighted by Gasteiger charge is 2.42. The molecular formula is C16H28O4. The van der Waals surface area contributed by atoms with E-state index in [4.69, 9.17) is 14.2 Å². The van der Waals surface area contributed by atoms with Crippen LogP contribution in [0.1, 0.15) is 65.7 Å². The Hall–Kier alpha value is -0.870. The summed E-state index contributed by atoms with van der Waals surface area (Å²) in [7, 11) is 0. The van der Waals surface area contributed by atoms with Crippen LogP contribution in [0.25, 0.3) is 0 Å². The van der Waals surface area contributed by atoms with Gasteiger partial charge in [-0.3, -0.25) is 0 Å². The predicted octanol–water partition coefficient (Wildman–Crippen LogP) is 3.95. The largest absolute Gasteiger partial charge is 0.401 e. The summed E-state index contributed by atoms with van der Waals surface area (Å²) in [6.45, 7) is 7.36. The van der Waals surface area contributed by atoms with E-state index in [-0.39, 0.29) is 5.97 Å². The van der Waals surface area contributed by atoms with Gasteiger partial charge in [-0.2, -0.15) is 0 Å². The normalized spacial score (nSPS) is 17.1. The fourth-order valence-corrected chi connectivity index (χ4v) is 1.94. The molecule has 1 aliphatic rings. The Morgan fingerprint density at radius 3 is 2.05 bits per heavy atom. The molecule has 1 rings (SSSR count). The van der Waals surface area contributed by atoms with Gasteiger partial charge in [-0.05, 0) is 25.7 Å². The number of cyclic esters (lactones) is 1. The van der Waals surface area contributed by atoms with Crippen molar-refractivity contribution in [1.29, 1.82) is 0 Å². The number of ether oxygens (including phenoxy) is 3. The van der Waals surface area contributed by atoms with Gasteiger partial charge in [-0.15, -0.1) is 0 Å². The number of carbonyl (C=O) groups excluding carboxylic acids is 1. The maximum atomic E-state index is 11.9. The molecule has 0 aliphatic carbocycles. The summed E-state index contributed by atoms with van der Waals surface area (Å²) >= 11 is 0. The second-order valence-corrected chi connectivity index (χ2v) is 5.17. The van der Waals surface area contributed by atoms with Crippen LogP contribution in [0, 0.1) is 0 Å². The van der Waals surface area contributed by atoms with Crippen molar-refractivity contribution >= 4 is 5.97 Å². The molecule has 0 amide bonds. The van der Waals surface area contributed by atoms with Crippen LogP contribution in [0.4, 0.5) is 0 Å². The Kier molecular flexibility index (Phi) is 7.85. The third-order valence-corrected chi connectivity index (χ3v) is 3.25. The van der Waals surface area contributed by atoms with Gasteiger partial charge in [-0.25, -0.2) is 4.79 Å². The lowest BCUT2D eigenvalue weighted by Gasteiger charge is -2.26. The highest BCUT2D eigenvalue weighted by molar-refractivity contribution is 5.91. The van der Waals surface area contributed by atoms with Crippen molar-refractivity contribution < 1.29 is 19.0 Å². The van der Waals surface area contributed by atoms with Crippen molar-refractivity contribution in [1.82, 2.24) is 0 Å². The van der Waals surface area contributed by atoms with Crippen molar-refractivity contribution in [3.05, 3.63) is 11.6 Å². The number of hydrogen-bond donors (Lipinski definition) is 0. The number of rotatable bonds is 11. The van der Waals surface area contributed by atoms with Gasteiger partial charge in [0.25, 0.3) is 0 Å². The molecule has 0 aromatic carbocycles. The molecule has 0 saturated carbocycles. The molecule has 0 fully saturated rings. The van der Waals surface area contributed by atoms with Crippen molar-refractivity contribution in [2.45, 2.75) is 71.7 Å². The molecule has 0 spiro atoms. The first-order chi connectivity index (χ1) is 9.67. The van der Waals surface area contributed by atoms with E-state index in [1.807, 2.05) is 0 Å². The Bertz CT molecular complexity index is 312. The van der Waals surface area contributed by atoms with E-state index in [0.29, 0.717) is 18.8 Å². The zero-order valence-corrected chi connectivity index (χ0v) is 13.1. The lowest BCUT2D eigenvalue weighted by molar-refractivity contribution is -0.326. The van der Waals surface area contributed by atoms with E-state index in [1.165, 1.54) is 0 Å². The molecule has 4 nitrogen and oxygen atoms in total. The predicted molar refractivity (Wildman–Crippen MR) is 78.2 cm³/mol. The van der Waals surface area contributed by atoms with Crippen LogP contribution in [-0.4, -0.2) is 25.2 Å². The average molecular weight is 284 g/mol. The van der Waals surface area contributed by atoms with E-state index in [0.717, 1.165) is 44.9 Å². The standard InChI is InChI=1S/C16H28O4/c1-4-7-10-14-13-16(20-15(14)17,18-11-8-5-2)19-12-9-6-3/h13H,4-12H2,1-3H3. The molecule has 0 atom stereocenters. The molecule has 0 aromatic rings. The van der Waals surface area contributed by atoms with Gasteiger partial charge in [-0.1, -0.05) is 40.0 Å². The molecule has 0 aromatic heterocycles. The quantitative estimate of drug-likeness (QED) is 0.327. The van der Waals surface area contributed by atoms with E-state index in [9.17, 15) is 4.79 Å². The third-order valence-electron chi connectivity index (χ3n) is 3.25. The lowest BCUT2D eigenvalue weighted by atomic mass is 10.1. The monoisotopic (exact) mass is 284 g/mol. The molecular weight excluding hydrogens is 256 g/mol. The first kappa shape index (κ1) is 17.2. The van der Waals surface area contributed by atoms with E-state index in [1.54, 1.807) is 6.08 Å². The fourth-order valence-electron chi connectivity index (χ4n) is 1.94. The van der Waals surface area contributed by atoms with Gasteiger partial charge >= 0.3 is 11.9 Å². The van der Waals surface area contributed by atoms with Gasteiger partial charge in [0.2, 0.25) is 0 Å². The van der Waals surface area contributed by atoms with Crippen molar-refractivity contribution in [2.75, 3.05) is 13.2 Å². The first-order valence-corrected chi connectivity index (χ1v) is 7.90. The van der Waals surface area contributed by atoms with Crippen LogP contribution in [0.2, 0.25) is 0 Å². The number of esters is 1. The minimum atomic E-state index is -1.27. The molecule has 0 radical (unpaired) electrons. The molecule has 1 heterocycles. The molecule has 4 heteroatoms. The Balaban J connectivity index is 2.66. The Labute approximate surface area is 122 Å². The van der Waals surface area contributed by atoms with Gasteiger partial charge in [0.15, 0.2) is 0 Å². The molecule has 0 saturated heterocycles. The Morgan fingerprint density at radius 1 is 1.00 bits per heavy atom. The smallest absolute Gasteiger partial charge is 0.352 e. The molecule has 0 bridgehead atoms. The van der Waals surface area contributed by atoms with Gasteiger partial charge in [0.05, 0.1) is 13.2 Å². The van der Waals surface area contributed by atoms with Crippen LogP contribution in [0.15, 0.2) is 11.6 Å². The number of carbonyl (C=O) groups is 1. The van der Waals surface area contributed by atoms with Crippen molar-refractivity contribution in [2.24, 2.45) is 0 Å². The van der Waals surface area contributed by atoms with Crippen LogP contribution in [0.5, 0.6) is 0 Å². The van der Waals surface area contributed by atoms with E-state index in [2.05, 4.69) is 20.8 Å². The van der Waals surface area contributed by atoms with E-state index < -0.39 is 5.97 Å². The molecule has 0 unspecified atom stereocenters. The van der Waals surface area contributed by atoms with Crippen LogP contribution in [0.3, 0.4) is 0 Å². The topological polar surface area (TPSA) is 44.8 Å². The van der Waals surface area contributed by atoms with Gasteiger partial charge in [0.1, 0.15) is 0 Å². The second-order valence-electron chi connectivity index (χ2n) is 5.17.